The first-order valence-corrected chi connectivity index (χ1v) is 5.33. The van der Waals surface area contributed by atoms with Gasteiger partial charge in [-0.2, -0.15) is 0 Å². The van der Waals surface area contributed by atoms with Crippen LogP contribution in [-0.2, 0) is 4.79 Å². The summed E-state index contributed by atoms with van der Waals surface area (Å²) in [5.74, 6) is 0.945. The maximum Gasteiger partial charge on any atom is 0.246 e. The average molecular weight is 179 g/mol. The number of amides is 1. The van der Waals surface area contributed by atoms with Crippen molar-refractivity contribution in [3.63, 3.8) is 0 Å². The summed E-state index contributed by atoms with van der Waals surface area (Å²) < 4.78 is 0. The summed E-state index contributed by atoms with van der Waals surface area (Å²) in [6.07, 6.45) is 10.1. The maximum atomic E-state index is 11.6. The zero-order valence-corrected chi connectivity index (χ0v) is 8.04. The van der Waals surface area contributed by atoms with Crippen molar-refractivity contribution in [1.82, 2.24) is 4.90 Å². The van der Waals surface area contributed by atoms with E-state index >= 15 is 0 Å². The molecule has 0 N–H and O–H groups in total. The molecule has 13 heavy (non-hydrogen) atoms. The van der Waals surface area contributed by atoms with Gasteiger partial charge in [0.05, 0.1) is 0 Å². The van der Waals surface area contributed by atoms with Crippen LogP contribution in [0.4, 0.5) is 0 Å². The third-order valence-electron chi connectivity index (χ3n) is 2.80. The predicted molar refractivity (Wildman–Crippen MR) is 52.3 cm³/mol. The molecule has 1 saturated heterocycles. The summed E-state index contributed by atoms with van der Waals surface area (Å²) in [6.45, 7) is 1.93. The SMILES string of the molecule is O=C(C=CC1CC1)N1CCCCC1. The Balaban J connectivity index is 1.80. The van der Waals surface area contributed by atoms with Gasteiger partial charge in [0.2, 0.25) is 5.91 Å². The smallest absolute Gasteiger partial charge is 0.246 e. The maximum absolute atomic E-state index is 11.6. The topological polar surface area (TPSA) is 20.3 Å². The van der Waals surface area contributed by atoms with Crippen molar-refractivity contribution in [3.8, 4) is 0 Å². The van der Waals surface area contributed by atoms with E-state index in [9.17, 15) is 4.79 Å². The minimum Gasteiger partial charge on any atom is -0.339 e. The number of nitrogens with zero attached hydrogens (tertiary/aromatic N) is 1. The van der Waals surface area contributed by atoms with Crippen LogP contribution in [0.5, 0.6) is 0 Å². The molecule has 2 nitrogen and oxygen atoms in total. The molecule has 1 aliphatic carbocycles. The van der Waals surface area contributed by atoms with Crippen LogP contribution in [0.2, 0.25) is 0 Å². The number of allylic oxidation sites excluding steroid dienone is 1. The summed E-state index contributed by atoms with van der Waals surface area (Å²) in [7, 11) is 0. The van der Waals surface area contributed by atoms with Gasteiger partial charge in [0.15, 0.2) is 0 Å². The predicted octanol–water partition coefficient (Wildman–Crippen LogP) is 1.97. The second-order valence-corrected chi connectivity index (χ2v) is 4.08. The molecule has 2 aliphatic rings. The van der Waals surface area contributed by atoms with E-state index in [1.165, 1.54) is 32.1 Å². The first kappa shape index (κ1) is 8.79. The third-order valence-corrected chi connectivity index (χ3v) is 2.80. The van der Waals surface area contributed by atoms with Crippen molar-refractivity contribution in [2.45, 2.75) is 32.1 Å². The Morgan fingerprint density at radius 3 is 2.46 bits per heavy atom. The molecule has 1 heterocycles. The van der Waals surface area contributed by atoms with Crippen molar-refractivity contribution in [2.75, 3.05) is 13.1 Å². The highest BCUT2D eigenvalue weighted by atomic mass is 16.2. The monoisotopic (exact) mass is 179 g/mol. The van der Waals surface area contributed by atoms with Gasteiger partial charge < -0.3 is 4.90 Å². The standard InChI is InChI=1S/C11H17NO/c13-11(7-6-10-4-5-10)12-8-2-1-3-9-12/h6-7,10H,1-5,8-9H2. The Labute approximate surface area is 79.6 Å². The molecule has 0 bridgehead atoms. The number of likely N-dealkylation sites (tertiary alicyclic amines) is 1. The van der Waals surface area contributed by atoms with Crippen LogP contribution < -0.4 is 0 Å². The second kappa shape index (κ2) is 3.95. The van der Waals surface area contributed by atoms with E-state index in [4.69, 9.17) is 0 Å². The van der Waals surface area contributed by atoms with E-state index in [2.05, 4.69) is 6.08 Å². The molecule has 1 amide bonds. The molecule has 2 heteroatoms. The van der Waals surface area contributed by atoms with Gasteiger partial charge >= 0.3 is 0 Å². The van der Waals surface area contributed by atoms with Gasteiger partial charge in [0, 0.05) is 13.1 Å². The lowest BCUT2D eigenvalue weighted by Crippen LogP contribution is -2.34. The van der Waals surface area contributed by atoms with Gasteiger partial charge in [-0.3, -0.25) is 4.79 Å². The van der Waals surface area contributed by atoms with Gasteiger partial charge in [-0.15, -0.1) is 0 Å². The van der Waals surface area contributed by atoms with Gasteiger partial charge in [-0.1, -0.05) is 6.08 Å². The third kappa shape index (κ3) is 2.58. The van der Waals surface area contributed by atoms with Crippen LogP contribution in [0, 0.1) is 5.92 Å². The first-order chi connectivity index (χ1) is 6.36. The van der Waals surface area contributed by atoms with Crippen LogP contribution in [0.1, 0.15) is 32.1 Å². The molecule has 2 fully saturated rings. The van der Waals surface area contributed by atoms with Crippen LogP contribution in [0.3, 0.4) is 0 Å². The molecule has 0 radical (unpaired) electrons. The minimum atomic E-state index is 0.228. The number of rotatable bonds is 2. The minimum absolute atomic E-state index is 0.228. The van der Waals surface area contributed by atoms with Gasteiger partial charge in [-0.25, -0.2) is 0 Å². The number of carbonyl (C=O) groups excluding carboxylic acids is 1. The van der Waals surface area contributed by atoms with E-state index in [1.54, 1.807) is 6.08 Å². The highest BCUT2D eigenvalue weighted by Gasteiger charge is 2.19. The fourth-order valence-electron chi connectivity index (χ4n) is 1.73. The van der Waals surface area contributed by atoms with Gasteiger partial charge in [-0.05, 0) is 44.1 Å². The fraction of sp³-hybridized carbons (Fsp3) is 0.727. The lowest BCUT2D eigenvalue weighted by atomic mass is 10.1. The molecular formula is C11H17NO. The Morgan fingerprint density at radius 1 is 1.15 bits per heavy atom. The van der Waals surface area contributed by atoms with Crippen molar-refractivity contribution >= 4 is 5.91 Å². The van der Waals surface area contributed by atoms with E-state index in [1.807, 2.05) is 4.90 Å². The van der Waals surface area contributed by atoms with E-state index < -0.39 is 0 Å². The van der Waals surface area contributed by atoms with Crippen molar-refractivity contribution in [2.24, 2.45) is 5.92 Å². The first-order valence-electron chi connectivity index (χ1n) is 5.33. The largest absolute Gasteiger partial charge is 0.339 e. The highest BCUT2D eigenvalue weighted by Crippen LogP contribution is 2.30. The number of carbonyl (C=O) groups is 1. The Bertz CT molecular complexity index is 212. The lowest BCUT2D eigenvalue weighted by Gasteiger charge is -2.25. The van der Waals surface area contributed by atoms with Crippen LogP contribution in [-0.4, -0.2) is 23.9 Å². The summed E-state index contributed by atoms with van der Waals surface area (Å²) in [4.78, 5) is 13.5. The molecule has 1 saturated carbocycles. The molecular weight excluding hydrogens is 162 g/mol. The van der Waals surface area contributed by atoms with E-state index in [-0.39, 0.29) is 5.91 Å². The zero-order valence-electron chi connectivity index (χ0n) is 8.04. The average Bonchev–Trinajstić information content (AvgIpc) is 2.99. The number of hydrogen-bond acceptors (Lipinski definition) is 1. The molecule has 0 aromatic heterocycles. The van der Waals surface area contributed by atoms with Crippen LogP contribution >= 0.6 is 0 Å². The normalized spacial score (nSPS) is 23.8. The van der Waals surface area contributed by atoms with Crippen LogP contribution in [0.15, 0.2) is 12.2 Å². The van der Waals surface area contributed by atoms with Crippen molar-refractivity contribution in [1.29, 1.82) is 0 Å². The molecule has 2 rings (SSSR count). The summed E-state index contributed by atoms with van der Waals surface area (Å²) >= 11 is 0. The van der Waals surface area contributed by atoms with Crippen LogP contribution in [0.25, 0.3) is 0 Å². The number of hydrogen-bond donors (Lipinski definition) is 0. The molecule has 0 atom stereocenters. The molecule has 0 aromatic carbocycles. The molecule has 0 aromatic rings. The second-order valence-electron chi connectivity index (χ2n) is 4.08. The zero-order chi connectivity index (χ0) is 9.10. The Hall–Kier alpha value is -0.790. The quantitative estimate of drug-likeness (QED) is 0.593. The number of piperidine rings is 1. The van der Waals surface area contributed by atoms with Gasteiger partial charge in [0.1, 0.15) is 0 Å². The Morgan fingerprint density at radius 2 is 1.85 bits per heavy atom. The highest BCUT2D eigenvalue weighted by molar-refractivity contribution is 5.87. The lowest BCUT2D eigenvalue weighted by molar-refractivity contribution is -0.126. The summed E-state index contributed by atoms with van der Waals surface area (Å²) in [5.41, 5.74) is 0. The molecule has 0 unspecified atom stereocenters. The fourth-order valence-corrected chi connectivity index (χ4v) is 1.73. The van der Waals surface area contributed by atoms with E-state index in [0.29, 0.717) is 5.92 Å². The van der Waals surface area contributed by atoms with E-state index in [0.717, 1.165) is 13.1 Å². The molecule has 72 valence electrons. The Kier molecular flexibility index (Phi) is 2.67. The summed E-state index contributed by atoms with van der Waals surface area (Å²) in [6, 6.07) is 0. The molecule has 0 spiro atoms. The summed E-state index contributed by atoms with van der Waals surface area (Å²) in [5, 5.41) is 0. The van der Waals surface area contributed by atoms with Crippen molar-refractivity contribution < 1.29 is 4.79 Å². The molecule has 1 aliphatic heterocycles. The van der Waals surface area contributed by atoms with Crippen molar-refractivity contribution in [3.05, 3.63) is 12.2 Å². The van der Waals surface area contributed by atoms with Gasteiger partial charge in [0.25, 0.3) is 0 Å².